The first-order valence-corrected chi connectivity index (χ1v) is 12.6. The van der Waals surface area contributed by atoms with E-state index in [4.69, 9.17) is 8.83 Å². The number of pyridine rings is 1. The molecule has 7 heteroatoms. The van der Waals surface area contributed by atoms with E-state index in [1.54, 1.807) is 23.8 Å². The van der Waals surface area contributed by atoms with Gasteiger partial charge in [-0.25, -0.2) is 4.58 Å². The van der Waals surface area contributed by atoms with E-state index in [2.05, 4.69) is 68.6 Å². The number of para-hydroxylation sites is 1. The summed E-state index contributed by atoms with van der Waals surface area (Å²) >= 11 is 1.77. The normalized spacial score (nSPS) is 15.7. The van der Waals surface area contributed by atoms with Gasteiger partial charge in [-0.05, 0) is 30.3 Å². The molecule has 1 aliphatic rings. The topological polar surface area (TPSA) is 59.5 Å². The summed E-state index contributed by atoms with van der Waals surface area (Å²) in [6.07, 6.45) is 7.51. The van der Waals surface area contributed by atoms with Gasteiger partial charge < -0.3 is 8.83 Å². The maximum Gasteiger partial charge on any atom is 0.299 e. The molecule has 1 unspecified atom stereocenters. The van der Waals surface area contributed by atoms with Crippen molar-refractivity contribution in [3.63, 3.8) is 0 Å². The molecule has 0 N–H and O–H groups in total. The van der Waals surface area contributed by atoms with Gasteiger partial charge in [0.2, 0.25) is 11.9 Å². The lowest BCUT2D eigenvalue weighted by molar-refractivity contribution is -0.351. The number of hydrogen-bond donors (Lipinski definition) is 0. The summed E-state index contributed by atoms with van der Waals surface area (Å²) in [5.41, 5.74) is 5.18. The van der Waals surface area contributed by atoms with E-state index in [9.17, 15) is 0 Å². The third kappa shape index (κ3) is 2.74. The van der Waals surface area contributed by atoms with Gasteiger partial charge >= 0.3 is 0 Å². The van der Waals surface area contributed by atoms with Gasteiger partial charge in [-0.2, -0.15) is 0 Å². The fourth-order valence-electron chi connectivity index (χ4n) is 5.26. The van der Waals surface area contributed by atoms with Crippen molar-refractivity contribution < 1.29 is 13.4 Å². The average Bonchev–Trinajstić information content (AvgIpc) is 3.71. The van der Waals surface area contributed by atoms with Gasteiger partial charge in [0.15, 0.2) is 0 Å². The molecule has 1 atom stereocenters. The van der Waals surface area contributed by atoms with Crippen molar-refractivity contribution in [1.29, 1.82) is 0 Å². The number of fused-ring (bicyclic) bond motifs is 5. The fraction of sp³-hybridized carbons (Fsp3) is 0.0690. The van der Waals surface area contributed by atoms with Gasteiger partial charge in [0.1, 0.15) is 12.5 Å². The van der Waals surface area contributed by atoms with Crippen molar-refractivity contribution in [2.45, 2.75) is 6.04 Å². The van der Waals surface area contributed by atoms with Crippen LogP contribution in [0, 0.1) is 0 Å². The van der Waals surface area contributed by atoms with Crippen molar-refractivity contribution in [2.75, 3.05) is 7.05 Å². The summed E-state index contributed by atoms with van der Waals surface area (Å²) in [6, 6.07) is 21.0. The maximum absolute atomic E-state index is 6.30. The smallest absolute Gasteiger partial charge is 0.299 e. The molecule has 2 aromatic carbocycles. The van der Waals surface area contributed by atoms with Crippen LogP contribution in [0.2, 0.25) is 0 Å². The quantitative estimate of drug-likeness (QED) is 0.248. The van der Waals surface area contributed by atoms with Crippen molar-refractivity contribution in [1.82, 2.24) is 9.55 Å². The summed E-state index contributed by atoms with van der Waals surface area (Å²) in [4.78, 5) is 9.18. The van der Waals surface area contributed by atoms with Gasteiger partial charge in [0.25, 0.3) is 12.1 Å². The molecule has 1 aliphatic heterocycles. The zero-order valence-corrected chi connectivity index (χ0v) is 20.1. The number of furan rings is 2. The third-order valence-corrected chi connectivity index (χ3v) is 7.89. The summed E-state index contributed by atoms with van der Waals surface area (Å²) in [7, 11) is 2.01. The molecule has 6 nitrogen and oxygen atoms in total. The monoisotopic (exact) mass is 487 g/mol. The first-order chi connectivity index (χ1) is 17.7. The van der Waals surface area contributed by atoms with Crippen LogP contribution in [0.1, 0.15) is 11.6 Å². The summed E-state index contributed by atoms with van der Waals surface area (Å²) < 4.78 is 17.6. The number of aliphatic imine (C=N–C) groups is 1. The second-order valence-corrected chi connectivity index (χ2v) is 9.99. The van der Waals surface area contributed by atoms with E-state index >= 15 is 0 Å². The molecule has 8 rings (SSSR count). The standard InChI is InChI=1S/C29H19N4O2S/c1-32-13-24(31-16-32)22-15-36-27-11-18-17-6-2-3-8-25(17)33(26(18)10-19(22)27)28-12-20-21(14-34-29(20)35-28)23-7-4-5-9-30-23/h2-16,24H,1H3/q+1. The van der Waals surface area contributed by atoms with Gasteiger partial charge in [-0.1, -0.05) is 29.3 Å². The predicted molar refractivity (Wildman–Crippen MR) is 145 cm³/mol. The summed E-state index contributed by atoms with van der Waals surface area (Å²) in [5, 5.41) is 6.74. The van der Waals surface area contributed by atoms with Crippen LogP contribution in [0.25, 0.3) is 60.2 Å². The number of benzene rings is 2. The van der Waals surface area contributed by atoms with Gasteiger partial charge in [0, 0.05) is 44.1 Å². The summed E-state index contributed by atoms with van der Waals surface area (Å²) in [6.45, 7) is 0. The molecule has 0 aliphatic carbocycles. The van der Waals surface area contributed by atoms with Crippen molar-refractivity contribution in [2.24, 2.45) is 4.99 Å². The molecule has 0 saturated carbocycles. The first-order valence-electron chi connectivity index (χ1n) is 11.7. The van der Waals surface area contributed by atoms with E-state index in [1.165, 1.54) is 26.4 Å². The van der Waals surface area contributed by atoms with E-state index < -0.39 is 0 Å². The predicted octanol–water partition coefficient (Wildman–Crippen LogP) is 7.20. The molecule has 172 valence electrons. The molecule has 7 aromatic rings. The number of aromatic nitrogens is 2. The first kappa shape index (κ1) is 19.8. The molecule has 0 bridgehead atoms. The highest BCUT2D eigenvalue weighted by atomic mass is 32.1. The van der Waals surface area contributed by atoms with Crippen LogP contribution in [0.5, 0.6) is 0 Å². The Morgan fingerprint density at radius 1 is 0.944 bits per heavy atom. The van der Waals surface area contributed by atoms with Gasteiger partial charge in [0.05, 0.1) is 34.7 Å². The van der Waals surface area contributed by atoms with E-state index in [0.717, 1.165) is 27.7 Å². The Labute approximate surface area is 209 Å². The second kappa shape index (κ2) is 7.26. The summed E-state index contributed by atoms with van der Waals surface area (Å²) in [5.74, 6) is 1.21. The molecule has 0 amide bonds. The minimum atomic E-state index is 0.0333. The van der Waals surface area contributed by atoms with E-state index in [0.29, 0.717) is 11.7 Å². The highest BCUT2D eigenvalue weighted by Gasteiger charge is 2.25. The van der Waals surface area contributed by atoms with Gasteiger partial charge in [-0.15, -0.1) is 11.3 Å². The Balaban J connectivity index is 1.40. The highest BCUT2D eigenvalue weighted by Crippen LogP contribution is 2.41. The van der Waals surface area contributed by atoms with E-state index in [-0.39, 0.29) is 6.04 Å². The molecule has 0 saturated heterocycles. The highest BCUT2D eigenvalue weighted by molar-refractivity contribution is 7.17. The number of nitrogens with zero attached hydrogens (tertiary/aromatic N) is 4. The Morgan fingerprint density at radius 3 is 2.72 bits per heavy atom. The Hall–Kier alpha value is -4.49. The number of thiophene rings is 1. The Bertz CT molecular complexity index is 2020. The minimum absolute atomic E-state index is 0.0333. The lowest BCUT2D eigenvalue weighted by Gasteiger charge is -2.04. The van der Waals surface area contributed by atoms with Crippen molar-refractivity contribution in [3.8, 4) is 17.1 Å². The number of rotatable bonds is 3. The van der Waals surface area contributed by atoms with Crippen LogP contribution < -0.4 is 0 Å². The molecule has 0 fully saturated rings. The molecule has 0 spiro atoms. The average molecular weight is 488 g/mol. The Kier molecular flexibility index (Phi) is 3.99. The largest absolute Gasteiger partial charge is 0.433 e. The zero-order chi connectivity index (χ0) is 23.8. The molecular weight excluding hydrogens is 468 g/mol. The molecular formula is C29H19N4O2S+. The van der Waals surface area contributed by atoms with Crippen LogP contribution in [0.4, 0.5) is 0 Å². The Morgan fingerprint density at radius 2 is 1.86 bits per heavy atom. The van der Waals surface area contributed by atoms with E-state index in [1.807, 2.05) is 36.2 Å². The van der Waals surface area contributed by atoms with Crippen molar-refractivity contribution in [3.05, 3.63) is 84.1 Å². The van der Waals surface area contributed by atoms with Gasteiger partial charge in [-0.3, -0.25) is 9.55 Å². The van der Waals surface area contributed by atoms with Crippen LogP contribution in [0.15, 0.2) is 92.3 Å². The van der Waals surface area contributed by atoms with Crippen LogP contribution in [-0.2, 0) is 0 Å². The lowest BCUT2D eigenvalue weighted by Crippen LogP contribution is -2.00. The molecule has 5 aromatic heterocycles. The lowest BCUT2D eigenvalue weighted by atomic mass is 10.1. The SMILES string of the molecule is C[N+]1=CC(c2csc3cc4c5ccccc5n(-c5cc6c(-c7ccccn7)coc6o5)c4cc23)N=C1. The third-order valence-electron chi connectivity index (χ3n) is 6.92. The minimum Gasteiger partial charge on any atom is -0.433 e. The zero-order valence-electron chi connectivity index (χ0n) is 19.3. The second-order valence-electron chi connectivity index (χ2n) is 9.08. The maximum atomic E-state index is 6.30. The molecule has 0 radical (unpaired) electrons. The van der Waals surface area contributed by atoms with Crippen LogP contribution in [0.3, 0.4) is 0 Å². The molecule has 6 heterocycles. The fourth-order valence-corrected chi connectivity index (χ4v) is 6.27. The molecule has 36 heavy (non-hydrogen) atoms. The van der Waals surface area contributed by atoms with Crippen LogP contribution in [-0.4, -0.2) is 33.7 Å². The number of hydrogen-bond acceptors (Lipinski definition) is 5. The van der Waals surface area contributed by atoms with Crippen molar-refractivity contribution >= 4 is 66.9 Å². The van der Waals surface area contributed by atoms with Crippen LogP contribution >= 0.6 is 11.3 Å².